The van der Waals surface area contributed by atoms with Crippen LogP contribution in [0.1, 0.15) is 50.9 Å². The number of aryl methyl sites for hydroxylation is 2. The van der Waals surface area contributed by atoms with Gasteiger partial charge in [0.1, 0.15) is 0 Å². The summed E-state index contributed by atoms with van der Waals surface area (Å²) < 4.78 is 3.26. The smallest absolute Gasteiger partial charge is 0.0767 e. The lowest BCUT2D eigenvalue weighted by molar-refractivity contribution is 0.168. The van der Waals surface area contributed by atoms with Crippen molar-refractivity contribution in [3.63, 3.8) is 0 Å². The molecule has 2 rings (SSSR count). The molecule has 0 saturated carbocycles. The van der Waals surface area contributed by atoms with Gasteiger partial charge in [0.15, 0.2) is 0 Å². The molecule has 3 nitrogen and oxygen atoms in total. The van der Waals surface area contributed by atoms with Crippen LogP contribution in [-0.2, 0) is 20.0 Å². The van der Waals surface area contributed by atoms with Gasteiger partial charge in [-0.1, -0.05) is 26.7 Å². The standard InChI is InChI=1S/C15H26BrN3/c1-4-6-12-7-9-19(10-8-12)11-14-15(16)13(5-2)17-18(14)3/h12H,4-11H2,1-3H3. The number of likely N-dealkylation sites (tertiary alicyclic amines) is 1. The molecule has 1 fully saturated rings. The van der Waals surface area contributed by atoms with Crippen molar-refractivity contribution in [2.24, 2.45) is 13.0 Å². The van der Waals surface area contributed by atoms with Crippen LogP contribution in [0.15, 0.2) is 4.47 Å². The fraction of sp³-hybridized carbons (Fsp3) is 0.800. The molecule has 1 aromatic rings. The minimum Gasteiger partial charge on any atom is -0.297 e. The van der Waals surface area contributed by atoms with E-state index in [4.69, 9.17) is 0 Å². The zero-order valence-electron chi connectivity index (χ0n) is 12.5. The van der Waals surface area contributed by atoms with Gasteiger partial charge in [0.05, 0.1) is 15.9 Å². The summed E-state index contributed by atoms with van der Waals surface area (Å²) in [5, 5.41) is 4.58. The molecule has 0 aromatic carbocycles. The van der Waals surface area contributed by atoms with Crippen LogP contribution in [0.4, 0.5) is 0 Å². The average Bonchev–Trinajstić information content (AvgIpc) is 2.68. The first kappa shape index (κ1) is 15.0. The third kappa shape index (κ3) is 3.60. The molecular formula is C15H26BrN3. The summed E-state index contributed by atoms with van der Waals surface area (Å²) in [4.78, 5) is 2.58. The van der Waals surface area contributed by atoms with Crippen molar-refractivity contribution in [2.45, 2.75) is 52.5 Å². The quantitative estimate of drug-likeness (QED) is 0.821. The summed E-state index contributed by atoms with van der Waals surface area (Å²) in [6.07, 6.45) is 6.46. The van der Waals surface area contributed by atoms with Gasteiger partial charge in [-0.3, -0.25) is 9.58 Å². The molecule has 2 heterocycles. The minimum absolute atomic E-state index is 0.961. The number of nitrogens with zero attached hydrogens (tertiary/aromatic N) is 3. The van der Waals surface area contributed by atoms with Crippen molar-refractivity contribution in [1.29, 1.82) is 0 Å². The third-order valence-electron chi connectivity index (χ3n) is 4.28. The van der Waals surface area contributed by atoms with Crippen molar-refractivity contribution in [3.05, 3.63) is 15.9 Å². The molecule has 0 N–H and O–H groups in total. The molecule has 0 unspecified atom stereocenters. The van der Waals surface area contributed by atoms with Crippen molar-refractivity contribution >= 4 is 15.9 Å². The summed E-state index contributed by atoms with van der Waals surface area (Å²) in [6.45, 7) is 7.97. The highest BCUT2D eigenvalue weighted by atomic mass is 79.9. The average molecular weight is 328 g/mol. The van der Waals surface area contributed by atoms with Gasteiger partial charge in [0.2, 0.25) is 0 Å². The van der Waals surface area contributed by atoms with Crippen LogP contribution in [0.3, 0.4) is 0 Å². The Bertz CT molecular complexity index is 406. The predicted molar refractivity (Wildman–Crippen MR) is 83.2 cm³/mol. The Balaban J connectivity index is 1.94. The van der Waals surface area contributed by atoms with Gasteiger partial charge in [-0.25, -0.2) is 0 Å². The maximum atomic E-state index is 4.58. The van der Waals surface area contributed by atoms with E-state index in [0.717, 1.165) is 18.9 Å². The predicted octanol–water partition coefficient (Wildman–Crippen LogP) is 3.76. The minimum atomic E-state index is 0.961. The number of hydrogen-bond acceptors (Lipinski definition) is 2. The van der Waals surface area contributed by atoms with Gasteiger partial charge in [0.25, 0.3) is 0 Å². The van der Waals surface area contributed by atoms with Crippen molar-refractivity contribution < 1.29 is 0 Å². The normalized spacial score (nSPS) is 18.1. The number of rotatable bonds is 5. The lowest BCUT2D eigenvalue weighted by Crippen LogP contribution is -2.33. The highest BCUT2D eigenvalue weighted by Crippen LogP contribution is 2.26. The summed E-state index contributed by atoms with van der Waals surface area (Å²) in [7, 11) is 2.06. The third-order valence-corrected chi connectivity index (χ3v) is 5.20. The second-order valence-corrected chi connectivity index (χ2v) is 6.49. The molecule has 0 bridgehead atoms. The Morgan fingerprint density at radius 2 is 1.95 bits per heavy atom. The van der Waals surface area contributed by atoms with Crippen LogP contribution in [-0.4, -0.2) is 27.8 Å². The molecular weight excluding hydrogens is 302 g/mol. The second kappa shape index (κ2) is 6.89. The van der Waals surface area contributed by atoms with Crippen LogP contribution in [0, 0.1) is 5.92 Å². The Kier molecular flexibility index (Phi) is 5.46. The van der Waals surface area contributed by atoms with Crippen LogP contribution >= 0.6 is 15.9 Å². The van der Waals surface area contributed by atoms with Crippen LogP contribution < -0.4 is 0 Å². The highest BCUT2D eigenvalue weighted by molar-refractivity contribution is 9.10. The highest BCUT2D eigenvalue weighted by Gasteiger charge is 2.21. The lowest BCUT2D eigenvalue weighted by atomic mass is 9.92. The molecule has 0 aliphatic carbocycles. The van der Waals surface area contributed by atoms with Gasteiger partial charge in [-0.05, 0) is 54.2 Å². The molecule has 1 aliphatic rings. The molecule has 0 atom stereocenters. The summed E-state index contributed by atoms with van der Waals surface area (Å²) >= 11 is 3.72. The van der Waals surface area contributed by atoms with Crippen molar-refractivity contribution in [2.75, 3.05) is 13.1 Å². The van der Waals surface area contributed by atoms with E-state index in [1.54, 1.807) is 0 Å². The maximum Gasteiger partial charge on any atom is 0.0767 e. The first-order chi connectivity index (χ1) is 9.15. The fourth-order valence-electron chi connectivity index (χ4n) is 3.04. The Morgan fingerprint density at radius 1 is 1.26 bits per heavy atom. The fourth-order valence-corrected chi connectivity index (χ4v) is 3.79. The van der Waals surface area contributed by atoms with E-state index in [-0.39, 0.29) is 0 Å². The van der Waals surface area contributed by atoms with E-state index < -0.39 is 0 Å². The number of piperidine rings is 1. The van der Waals surface area contributed by atoms with Gasteiger partial charge in [0, 0.05) is 13.6 Å². The first-order valence-electron chi connectivity index (χ1n) is 7.58. The first-order valence-corrected chi connectivity index (χ1v) is 8.37. The number of halogens is 1. The monoisotopic (exact) mass is 327 g/mol. The zero-order valence-corrected chi connectivity index (χ0v) is 14.0. The van der Waals surface area contributed by atoms with Gasteiger partial charge >= 0.3 is 0 Å². The molecule has 1 aromatic heterocycles. The molecule has 0 amide bonds. The largest absolute Gasteiger partial charge is 0.297 e. The Hall–Kier alpha value is -0.350. The van der Waals surface area contributed by atoms with E-state index in [9.17, 15) is 0 Å². The van der Waals surface area contributed by atoms with Crippen LogP contribution in [0.2, 0.25) is 0 Å². The molecule has 0 spiro atoms. The van der Waals surface area contributed by atoms with E-state index in [0.29, 0.717) is 0 Å². The molecule has 108 valence electrons. The summed E-state index contributed by atoms with van der Waals surface area (Å²) in [5.74, 6) is 0.961. The molecule has 19 heavy (non-hydrogen) atoms. The van der Waals surface area contributed by atoms with E-state index in [1.165, 1.54) is 54.6 Å². The molecule has 1 saturated heterocycles. The van der Waals surface area contributed by atoms with E-state index in [2.05, 4.69) is 46.8 Å². The van der Waals surface area contributed by atoms with Crippen LogP contribution in [0.25, 0.3) is 0 Å². The van der Waals surface area contributed by atoms with E-state index in [1.807, 2.05) is 4.68 Å². The van der Waals surface area contributed by atoms with Crippen molar-refractivity contribution in [1.82, 2.24) is 14.7 Å². The number of aromatic nitrogens is 2. The molecule has 0 radical (unpaired) electrons. The Morgan fingerprint density at radius 3 is 2.47 bits per heavy atom. The van der Waals surface area contributed by atoms with Crippen molar-refractivity contribution in [3.8, 4) is 0 Å². The lowest BCUT2D eigenvalue weighted by Gasteiger charge is -2.31. The Labute approximate surface area is 125 Å². The van der Waals surface area contributed by atoms with Gasteiger partial charge in [-0.2, -0.15) is 5.10 Å². The number of hydrogen-bond donors (Lipinski definition) is 0. The van der Waals surface area contributed by atoms with Gasteiger partial charge in [-0.15, -0.1) is 0 Å². The maximum absolute atomic E-state index is 4.58. The summed E-state index contributed by atoms with van der Waals surface area (Å²) in [5.41, 5.74) is 2.50. The van der Waals surface area contributed by atoms with E-state index >= 15 is 0 Å². The van der Waals surface area contributed by atoms with Crippen LogP contribution in [0.5, 0.6) is 0 Å². The summed E-state index contributed by atoms with van der Waals surface area (Å²) in [6, 6.07) is 0. The molecule has 4 heteroatoms. The topological polar surface area (TPSA) is 21.1 Å². The molecule has 1 aliphatic heterocycles. The van der Waals surface area contributed by atoms with Gasteiger partial charge < -0.3 is 0 Å². The SMILES string of the molecule is CCCC1CCN(Cc2c(Br)c(CC)nn2C)CC1. The second-order valence-electron chi connectivity index (χ2n) is 5.69. The zero-order chi connectivity index (χ0) is 13.8.